The Hall–Kier alpha value is -2.64. The molecule has 1 unspecified atom stereocenters. The number of aromatic nitrogens is 2. The zero-order chi connectivity index (χ0) is 20.5. The predicted octanol–water partition coefficient (Wildman–Crippen LogP) is 4.34. The Morgan fingerprint density at radius 1 is 1.17 bits per heavy atom. The second-order valence-electron chi connectivity index (χ2n) is 6.79. The maximum absolute atomic E-state index is 13.3. The topological polar surface area (TPSA) is 64.0 Å². The minimum atomic E-state index is -0.458. The average molecular weight is 430 g/mol. The van der Waals surface area contributed by atoms with Crippen molar-refractivity contribution in [3.63, 3.8) is 0 Å². The van der Waals surface area contributed by atoms with Crippen LogP contribution >= 0.6 is 23.4 Å². The van der Waals surface area contributed by atoms with Crippen molar-refractivity contribution in [1.29, 1.82) is 0 Å². The highest BCUT2D eigenvalue weighted by Crippen LogP contribution is 2.36. The van der Waals surface area contributed by atoms with E-state index in [0.717, 1.165) is 5.56 Å². The Labute approximate surface area is 175 Å². The van der Waals surface area contributed by atoms with Crippen LogP contribution in [0.3, 0.4) is 0 Å². The Morgan fingerprint density at radius 2 is 1.86 bits per heavy atom. The Kier molecular flexibility index (Phi) is 5.43. The van der Waals surface area contributed by atoms with Gasteiger partial charge in [-0.25, -0.2) is 4.39 Å². The van der Waals surface area contributed by atoms with Gasteiger partial charge in [-0.05, 0) is 35.4 Å². The summed E-state index contributed by atoms with van der Waals surface area (Å²) >= 11 is 7.32. The summed E-state index contributed by atoms with van der Waals surface area (Å²) in [4.78, 5) is 29.4. The molecule has 0 spiro atoms. The van der Waals surface area contributed by atoms with Crippen LogP contribution in [0.15, 0.2) is 58.5 Å². The molecule has 0 aliphatic carbocycles. The molecular weight excluding hydrogens is 413 g/mol. The molecule has 0 fully saturated rings. The van der Waals surface area contributed by atoms with Crippen LogP contribution in [0.1, 0.15) is 29.0 Å². The Balaban J connectivity index is 1.70. The highest BCUT2D eigenvalue weighted by atomic mass is 35.5. The third kappa shape index (κ3) is 4.06. The predicted molar refractivity (Wildman–Crippen MR) is 112 cm³/mol. The van der Waals surface area contributed by atoms with Gasteiger partial charge in [0.15, 0.2) is 5.16 Å². The van der Waals surface area contributed by atoms with Crippen molar-refractivity contribution in [2.45, 2.75) is 23.2 Å². The van der Waals surface area contributed by atoms with Gasteiger partial charge >= 0.3 is 0 Å². The number of anilines is 1. The molecule has 0 radical (unpaired) electrons. The Morgan fingerprint density at radius 3 is 2.55 bits per heavy atom. The number of amides is 1. The second-order valence-corrected chi connectivity index (χ2v) is 8.17. The maximum atomic E-state index is 13.3. The van der Waals surface area contributed by atoms with Gasteiger partial charge in [-0.3, -0.25) is 9.59 Å². The molecule has 5 nitrogen and oxygen atoms in total. The molecule has 1 atom stereocenters. The number of carbonyl (C=O) groups excluding carboxylic acids is 1. The molecule has 1 N–H and O–H groups in total. The van der Waals surface area contributed by atoms with Gasteiger partial charge in [0.25, 0.3) is 5.56 Å². The van der Waals surface area contributed by atoms with Crippen LogP contribution in [0.25, 0.3) is 0 Å². The van der Waals surface area contributed by atoms with Crippen molar-refractivity contribution in [3.8, 4) is 0 Å². The van der Waals surface area contributed by atoms with Gasteiger partial charge in [0.05, 0.1) is 5.56 Å². The van der Waals surface area contributed by atoms with Crippen LogP contribution in [0.5, 0.6) is 0 Å². The van der Waals surface area contributed by atoms with Gasteiger partial charge in [-0.2, -0.15) is 4.98 Å². The SMILES string of the molecule is Cn1c(SCc2ccc(Cl)cc2)nc(=O)c2c1NC(=O)CC2c1ccc(F)cc1. The number of halogens is 2. The molecule has 0 saturated carbocycles. The van der Waals surface area contributed by atoms with E-state index < -0.39 is 5.92 Å². The zero-order valence-electron chi connectivity index (χ0n) is 15.5. The smallest absolute Gasteiger partial charge is 0.279 e. The minimum absolute atomic E-state index is 0.118. The van der Waals surface area contributed by atoms with Gasteiger partial charge in [0, 0.05) is 30.2 Å². The third-order valence-electron chi connectivity index (χ3n) is 4.85. The Bertz CT molecular complexity index is 1130. The first-order valence-corrected chi connectivity index (χ1v) is 10.3. The van der Waals surface area contributed by atoms with E-state index in [1.165, 1.54) is 23.9 Å². The quantitative estimate of drug-likeness (QED) is 0.495. The van der Waals surface area contributed by atoms with Crippen LogP contribution in [0.4, 0.5) is 10.2 Å². The van der Waals surface area contributed by atoms with Crippen molar-refractivity contribution in [2.24, 2.45) is 7.05 Å². The number of nitrogens with one attached hydrogen (secondary N) is 1. The van der Waals surface area contributed by atoms with Crippen LogP contribution in [0.2, 0.25) is 5.02 Å². The van der Waals surface area contributed by atoms with Crippen molar-refractivity contribution in [3.05, 3.63) is 86.4 Å². The molecule has 2 heterocycles. The van der Waals surface area contributed by atoms with E-state index in [-0.39, 0.29) is 23.7 Å². The van der Waals surface area contributed by atoms with Crippen LogP contribution in [0, 0.1) is 5.82 Å². The van der Waals surface area contributed by atoms with E-state index in [9.17, 15) is 14.0 Å². The van der Waals surface area contributed by atoms with Crippen LogP contribution in [-0.4, -0.2) is 15.5 Å². The summed E-state index contributed by atoms with van der Waals surface area (Å²) in [5, 5.41) is 3.97. The molecular formula is C21H17ClFN3O2S. The van der Waals surface area contributed by atoms with E-state index in [1.807, 2.05) is 24.3 Å². The summed E-state index contributed by atoms with van der Waals surface area (Å²) in [5.41, 5.74) is 1.79. The second kappa shape index (κ2) is 8.00. The number of hydrogen-bond donors (Lipinski definition) is 1. The lowest BCUT2D eigenvalue weighted by atomic mass is 9.87. The summed E-state index contributed by atoms with van der Waals surface area (Å²) in [7, 11) is 1.77. The summed E-state index contributed by atoms with van der Waals surface area (Å²) < 4.78 is 15.0. The van der Waals surface area contributed by atoms with E-state index in [1.54, 1.807) is 23.7 Å². The van der Waals surface area contributed by atoms with E-state index >= 15 is 0 Å². The first-order valence-electron chi connectivity index (χ1n) is 8.96. The lowest BCUT2D eigenvalue weighted by Gasteiger charge is -2.27. The van der Waals surface area contributed by atoms with Crippen molar-refractivity contribution >= 4 is 35.1 Å². The van der Waals surface area contributed by atoms with E-state index in [0.29, 0.717) is 32.9 Å². The minimum Gasteiger partial charge on any atom is -0.312 e. The van der Waals surface area contributed by atoms with Gasteiger partial charge in [-0.1, -0.05) is 47.6 Å². The van der Waals surface area contributed by atoms with Gasteiger partial charge < -0.3 is 9.88 Å². The molecule has 8 heteroatoms. The first kappa shape index (κ1) is 19.7. The average Bonchev–Trinajstić information content (AvgIpc) is 2.70. The molecule has 1 aromatic heterocycles. The first-order chi connectivity index (χ1) is 13.9. The fourth-order valence-electron chi connectivity index (χ4n) is 3.37. The molecule has 148 valence electrons. The molecule has 2 aromatic carbocycles. The third-order valence-corrected chi connectivity index (χ3v) is 6.21. The lowest BCUT2D eigenvalue weighted by Crippen LogP contribution is -2.33. The molecule has 1 aliphatic heterocycles. The summed E-state index contributed by atoms with van der Waals surface area (Å²) in [6, 6.07) is 13.3. The molecule has 29 heavy (non-hydrogen) atoms. The van der Waals surface area contributed by atoms with E-state index in [2.05, 4.69) is 10.3 Å². The highest BCUT2D eigenvalue weighted by Gasteiger charge is 2.32. The van der Waals surface area contributed by atoms with Crippen LogP contribution < -0.4 is 10.9 Å². The number of carbonyl (C=O) groups is 1. The number of hydrogen-bond acceptors (Lipinski definition) is 4. The van der Waals surface area contributed by atoms with Gasteiger partial charge in [-0.15, -0.1) is 0 Å². The van der Waals surface area contributed by atoms with E-state index in [4.69, 9.17) is 11.6 Å². The summed E-state index contributed by atoms with van der Waals surface area (Å²) in [6.07, 6.45) is 0.118. The van der Waals surface area contributed by atoms with Crippen molar-refractivity contribution < 1.29 is 9.18 Å². The van der Waals surface area contributed by atoms with Crippen molar-refractivity contribution in [2.75, 3.05) is 5.32 Å². The maximum Gasteiger partial charge on any atom is 0.279 e. The molecule has 1 aliphatic rings. The molecule has 0 bridgehead atoms. The standard InChI is InChI=1S/C21H17ClFN3O2S/c1-26-19-18(16(10-17(27)24-19)13-4-8-15(23)9-5-13)20(28)25-21(26)29-11-12-2-6-14(22)7-3-12/h2-9,16H,10-11H2,1H3,(H,24,27). The zero-order valence-corrected chi connectivity index (χ0v) is 17.1. The fraction of sp³-hybridized carbons (Fsp3) is 0.190. The normalized spacial score (nSPS) is 15.7. The molecule has 0 saturated heterocycles. The summed E-state index contributed by atoms with van der Waals surface area (Å²) in [6.45, 7) is 0. The summed E-state index contributed by atoms with van der Waals surface area (Å²) in [5.74, 6) is 0.0249. The largest absolute Gasteiger partial charge is 0.312 e. The van der Waals surface area contributed by atoms with Crippen LogP contribution in [-0.2, 0) is 17.6 Å². The number of nitrogens with zero attached hydrogens (tertiary/aromatic N) is 2. The number of benzene rings is 2. The fourth-order valence-corrected chi connectivity index (χ4v) is 4.42. The molecule has 4 rings (SSSR count). The van der Waals surface area contributed by atoms with Gasteiger partial charge in [0.1, 0.15) is 11.6 Å². The molecule has 1 amide bonds. The monoisotopic (exact) mass is 429 g/mol. The number of fused-ring (bicyclic) bond motifs is 1. The molecule has 3 aromatic rings. The number of thioether (sulfide) groups is 1. The van der Waals surface area contributed by atoms with Gasteiger partial charge in [0.2, 0.25) is 5.91 Å². The highest BCUT2D eigenvalue weighted by molar-refractivity contribution is 7.98. The van der Waals surface area contributed by atoms with Crippen molar-refractivity contribution in [1.82, 2.24) is 9.55 Å². The number of rotatable bonds is 4. The lowest BCUT2D eigenvalue weighted by molar-refractivity contribution is -0.116.